The van der Waals surface area contributed by atoms with Crippen molar-refractivity contribution in [3.8, 4) is 17.1 Å². The molecule has 1 aliphatic heterocycles. The smallest absolute Gasteiger partial charge is 0.244 e. The van der Waals surface area contributed by atoms with E-state index in [0.717, 1.165) is 43.1 Å². The molecule has 1 aliphatic rings. The summed E-state index contributed by atoms with van der Waals surface area (Å²) in [6.07, 6.45) is 3.88. The molecule has 3 heterocycles. The Morgan fingerprint density at radius 2 is 2.03 bits per heavy atom. The van der Waals surface area contributed by atoms with Gasteiger partial charge in [-0.25, -0.2) is 4.98 Å². The molecule has 0 spiro atoms. The Hall–Kier alpha value is -2.97. The van der Waals surface area contributed by atoms with E-state index in [1.54, 1.807) is 20.4 Å². The van der Waals surface area contributed by atoms with Crippen LogP contribution in [0.25, 0.3) is 11.4 Å². The zero-order chi connectivity index (χ0) is 20.8. The molecule has 30 heavy (non-hydrogen) atoms. The van der Waals surface area contributed by atoms with Gasteiger partial charge in [0.2, 0.25) is 11.7 Å². The first kappa shape index (κ1) is 20.3. The van der Waals surface area contributed by atoms with E-state index in [0.29, 0.717) is 24.9 Å². The minimum absolute atomic E-state index is 0.135. The predicted octanol–water partition coefficient (Wildman–Crippen LogP) is 3.54. The van der Waals surface area contributed by atoms with E-state index in [4.69, 9.17) is 14.0 Å². The van der Waals surface area contributed by atoms with E-state index >= 15 is 0 Å². The number of rotatable bonds is 9. The molecule has 0 saturated carbocycles. The number of likely N-dealkylation sites (tertiary alicyclic amines) is 1. The fraction of sp³-hybridized carbons (Fsp3) is 0.409. The summed E-state index contributed by atoms with van der Waals surface area (Å²) in [5, 5.41) is 7.39. The highest BCUT2D eigenvalue weighted by Crippen LogP contribution is 2.33. The number of hydrogen-bond acceptors (Lipinski definition) is 8. The van der Waals surface area contributed by atoms with Crippen LogP contribution in [-0.2, 0) is 11.3 Å². The van der Waals surface area contributed by atoms with Crippen LogP contribution < -0.4 is 10.1 Å². The Bertz CT molecular complexity index is 927. The van der Waals surface area contributed by atoms with Gasteiger partial charge in [0.05, 0.1) is 19.8 Å². The molecule has 1 saturated heterocycles. The van der Waals surface area contributed by atoms with Gasteiger partial charge in [-0.15, -0.1) is 0 Å². The summed E-state index contributed by atoms with van der Waals surface area (Å²) in [7, 11) is 3.36. The van der Waals surface area contributed by atoms with Crippen molar-refractivity contribution in [1.82, 2.24) is 20.0 Å². The van der Waals surface area contributed by atoms with Crippen molar-refractivity contribution in [3.05, 3.63) is 54.0 Å². The fourth-order valence-corrected chi connectivity index (χ4v) is 3.66. The summed E-state index contributed by atoms with van der Waals surface area (Å²) < 4.78 is 15.9. The third kappa shape index (κ3) is 4.77. The lowest BCUT2D eigenvalue weighted by Crippen LogP contribution is -2.23. The highest BCUT2D eigenvalue weighted by atomic mass is 16.5. The topological polar surface area (TPSA) is 85.5 Å². The van der Waals surface area contributed by atoms with E-state index in [9.17, 15) is 0 Å². The summed E-state index contributed by atoms with van der Waals surface area (Å²) in [5.41, 5.74) is 2.07. The molecule has 1 fully saturated rings. The van der Waals surface area contributed by atoms with Gasteiger partial charge in [0.25, 0.3) is 0 Å². The second kappa shape index (κ2) is 9.69. The molecule has 4 rings (SSSR count). The van der Waals surface area contributed by atoms with Crippen LogP contribution in [0.4, 0.5) is 5.82 Å². The number of nitrogens with zero attached hydrogens (tertiary/aromatic N) is 4. The maximum absolute atomic E-state index is 5.63. The van der Waals surface area contributed by atoms with Crippen molar-refractivity contribution >= 4 is 5.82 Å². The van der Waals surface area contributed by atoms with Crippen LogP contribution >= 0.6 is 0 Å². The Morgan fingerprint density at radius 3 is 2.77 bits per heavy atom. The van der Waals surface area contributed by atoms with Crippen molar-refractivity contribution < 1.29 is 14.0 Å². The molecular weight excluding hydrogens is 382 g/mol. The third-order valence-electron chi connectivity index (χ3n) is 5.27. The average Bonchev–Trinajstić information content (AvgIpc) is 3.44. The van der Waals surface area contributed by atoms with E-state index in [1.807, 2.05) is 24.3 Å². The second-order valence-corrected chi connectivity index (χ2v) is 7.28. The average molecular weight is 409 g/mol. The standard InChI is InChI=1S/C22H27N5O3/c1-28-13-11-23-20-10-7-17(14-24-20)21-25-22(30-26-21)19-4-3-12-27(19)15-16-5-8-18(29-2)9-6-16/h5-10,14,19H,3-4,11-13,15H2,1-2H3,(H,23,24). The molecule has 0 aliphatic carbocycles. The summed E-state index contributed by atoms with van der Waals surface area (Å²) in [6, 6.07) is 12.2. The van der Waals surface area contributed by atoms with Crippen LogP contribution in [-0.4, -0.2) is 53.9 Å². The van der Waals surface area contributed by atoms with Crippen LogP contribution in [0, 0.1) is 0 Å². The summed E-state index contributed by atoms with van der Waals surface area (Å²) in [4.78, 5) is 11.5. The first-order valence-corrected chi connectivity index (χ1v) is 10.2. The lowest BCUT2D eigenvalue weighted by molar-refractivity contribution is 0.201. The van der Waals surface area contributed by atoms with Gasteiger partial charge in [-0.3, -0.25) is 4.90 Å². The molecule has 2 aromatic heterocycles. The molecule has 8 heteroatoms. The molecule has 1 N–H and O–H groups in total. The molecule has 0 radical (unpaired) electrons. The van der Waals surface area contributed by atoms with Crippen molar-refractivity contribution in [2.75, 3.05) is 39.2 Å². The highest BCUT2D eigenvalue weighted by molar-refractivity contribution is 5.55. The first-order chi connectivity index (χ1) is 14.8. The van der Waals surface area contributed by atoms with Crippen molar-refractivity contribution in [3.63, 3.8) is 0 Å². The largest absolute Gasteiger partial charge is 0.497 e. The van der Waals surface area contributed by atoms with Gasteiger partial charge in [-0.05, 0) is 49.2 Å². The van der Waals surface area contributed by atoms with Gasteiger partial charge in [0.15, 0.2) is 0 Å². The van der Waals surface area contributed by atoms with Gasteiger partial charge in [0.1, 0.15) is 11.6 Å². The molecule has 3 aromatic rings. The molecule has 1 aromatic carbocycles. The van der Waals surface area contributed by atoms with Gasteiger partial charge < -0.3 is 19.3 Å². The van der Waals surface area contributed by atoms with Crippen LogP contribution in [0.2, 0.25) is 0 Å². The SMILES string of the molecule is COCCNc1ccc(-c2noc(C3CCCN3Cc3ccc(OC)cc3)n2)cn1. The minimum Gasteiger partial charge on any atom is -0.497 e. The van der Waals surface area contributed by atoms with Crippen molar-refractivity contribution in [2.24, 2.45) is 0 Å². The van der Waals surface area contributed by atoms with E-state index in [2.05, 4.69) is 37.5 Å². The predicted molar refractivity (Wildman–Crippen MR) is 113 cm³/mol. The number of methoxy groups -OCH3 is 2. The van der Waals surface area contributed by atoms with Crippen LogP contribution in [0.1, 0.15) is 30.3 Å². The quantitative estimate of drug-likeness (QED) is 0.537. The minimum atomic E-state index is 0.135. The lowest BCUT2D eigenvalue weighted by atomic mass is 10.1. The van der Waals surface area contributed by atoms with E-state index in [-0.39, 0.29) is 6.04 Å². The number of anilines is 1. The molecule has 158 valence electrons. The van der Waals surface area contributed by atoms with Gasteiger partial charge in [-0.2, -0.15) is 4.98 Å². The number of aromatic nitrogens is 3. The molecular formula is C22H27N5O3. The van der Waals surface area contributed by atoms with E-state index < -0.39 is 0 Å². The molecule has 0 bridgehead atoms. The number of pyridine rings is 1. The molecule has 0 amide bonds. The Balaban J connectivity index is 1.42. The normalized spacial score (nSPS) is 16.7. The number of benzene rings is 1. The summed E-state index contributed by atoms with van der Waals surface area (Å²) in [6.45, 7) is 3.19. The van der Waals surface area contributed by atoms with E-state index in [1.165, 1.54) is 5.56 Å². The zero-order valence-electron chi connectivity index (χ0n) is 17.4. The molecule has 8 nitrogen and oxygen atoms in total. The van der Waals surface area contributed by atoms with Crippen LogP contribution in [0.5, 0.6) is 5.75 Å². The van der Waals surface area contributed by atoms with Crippen molar-refractivity contribution in [2.45, 2.75) is 25.4 Å². The third-order valence-corrected chi connectivity index (χ3v) is 5.27. The fourth-order valence-electron chi connectivity index (χ4n) is 3.66. The van der Waals surface area contributed by atoms with Gasteiger partial charge >= 0.3 is 0 Å². The van der Waals surface area contributed by atoms with Crippen molar-refractivity contribution in [1.29, 1.82) is 0 Å². The molecule has 1 atom stereocenters. The number of ether oxygens (including phenoxy) is 2. The summed E-state index contributed by atoms with van der Waals surface area (Å²) in [5.74, 6) is 2.89. The Kier molecular flexibility index (Phi) is 6.56. The first-order valence-electron chi connectivity index (χ1n) is 10.2. The number of hydrogen-bond donors (Lipinski definition) is 1. The molecule has 1 unspecified atom stereocenters. The highest BCUT2D eigenvalue weighted by Gasteiger charge is 2.30. The lowest BCUT2D eigenvalue weighted by Gasteiger charge is -2.21. The monoisotopic (exact) mass is 409 g/mol. The Morgan fingerprint density at radius 1 is 1.17 bits per heavy atom. The maximum atomic E-state index is 5.63. The second-order valence-electron chi connectivity index (χ2n) is 7.28. The van der Waals surface area contributed by atoms with Gasteiger partial charge in [-0.1, -0.05) is 17.3 Å². The zero-order valence-corrected chi connectivity index (χ0v) is 17.4. The maximum Gasteiger partial charge on any atom is 0.244 e. The van der Waals surface area contributed by atoms with Crippen LogP contribution in [0.15, 0.2) is 47.1 Å². The Labute approximate surface area is 176 Å². The van der Waals surface area contributed by atoms with Gasteiger partial charge in [0, 0.05) is 32.0 Å². The number of nitrogens with one attached hydrogen (secondary N) is 1. The summed E-state index contributed by atoms with van der Waals surface area (Å²) >= 11 is 0. The van der Waals surface area contributed by atoms with Crippen LogP contribution in [0.3, 0.4) is 0 Å².